The first-order valence-electron chi connectivity index (χ1n) is 6.25. The maximum atomic E-state index is 5.63. The van der Waals surface area contributed by atoms with E-state index in [1.807, 2.05) is 0 Å². The van der Waals surface area contributed by atoms with Gasteiger partial charge in [-0.1, -0.05) is 26.7 Å². The SMILES string of the molecule is CCCCNc1nc(N)nc(NCCCC)n1. The van der Waals surface area contributed by atoms with Crippen molar-refractivity contribution < 1.29 is 0 Å². The van der Waals surface area contributed by atoms with E-state index in [1.54, 1.807) is 0 Å². The molecular formula is C11H22N6. The third-order valence-electron chi connectivity index (χ3n) is 2.28. The Morgan fingerprint density at radius 1 is 0.882 bits per heavy atom. The number of rotatable bonds is 8. The van der Waals surface area contributed by atoms with Gasteiger partial charge in [0.15, 0.2) is 0 Å². The van der Waals surface area contributed by atoms with Crippen LogP contribution in [0.1, 0.15) is 39.5 Å². The van der Waals surface area contributed by atoms with Gasteiger partial charge in [0.25, 0.3) is 0 Å². The number of nitrogens with two attached hydrogens (primary N) is 1. The summed E-state index contributed by atoms with van der Waals surface area (Å²) in [4.78, 5) is 12.3. The fraction of sp³-hybridized carbons (Fsp3) is 0.727. The molecule has 96 valence electrons. The van der Waals surface area contributed by atoms with Crippen molar-refractivity contribution in [3.8, 4) is 0 Å². The molecule has 0 saturated heterocycles. The number of aromatic nitrogens is 3. The molecule has 0 aliphatic heterocycles. The Kier molecular flexibility index (Phi) is 6.06. The van der Waals surface area contributed by atoms with Crippen molar-refractivity contribution in [1.29, 1.82) is 0 Å². The van der Waals surface area contributed by atoms with Crippen LogP contribution in [0.15, 0.2) is 0 Å². The summed E-state index contributed by atoms with van der Waals surface area (Å²) in [6, 6.07) is 0. The van der Waals surface area contributed by atoms with Crippen LogP contribution in [0.2, 0.25) is 0 Å². The van der Waals surface area contributed by atoms with Crippen LogP contribution < -0.4 is 16.4 Å². The predicted octanol–water partition coefficient (Wildman–Crippen LogP) is 1.88. The van der Waals surface area contributed by atoms with Crippen molar-refractivity contribution >= 4 is 17.8 Å². The molecule has 1 rings (SSSR count). The zero-order valence-corrected chi connectivity index (χ0v) is 10.7. The van der Waals surface area contributed by atoms with Gasteiger partial charge >= 0.3 is 0 Å². The fourth-order valence-electron chi connectivity index (χ4n) is 1.30. The maximum absolute atomic E-state index is 5.63. The first-order valence-corrected chi connectivity index (χ1v) is 6.25. The second-order valence-corrected chi connectivity index (χ2v) is 3.90. The standard InChI is InChI=1S/C11H22N6/c1-3-5-7-13-10-15-9(12)16-11(17-10)14-8-6-4-2/h3-8H2,1-2H3,(H4,12,13,14,15,16,17). The van der Waals surface area contributed by atoms with Crippen molar-refractivity contribution in [1.82, 2.24) is 15.0 Å². The molecule has 0 unspecified atom stereocenters. The number of nitrogens with one attached hydrogen (secondary N) is 2. The average molecular weight is 238 g/mol. The zero-order chi connectivity index (χ0) is 12.5. The molecule has 6 heteroatoms. The van der Waals surface area contributed by atoms with Gasteiger partial charge in [-0.2, -0.15) is 15.0 Å². The van der Waals surface area contributed by atoms with Crippen molar-refractivity contribution in [3.05, 3.63) is 0 Å². The summed E-state index contributed by atoms with van der Waals surface area (Å²) < 4.78 is 0. The van der Waals surface area contributed by atoms with Crippen LogP contribution in [-0.4, -0.2) is 28.0 Å². The van der Waals surface area contributed by atoms with Crippen LogP contribution in [0.5, 0.6) is 0 Å². The molecule has 0 aromatic carbocycles. The summed E-state index contributed by atoms with van der Waals surface area (Å²) in [5.74, 6) is 1.34. The molecule has 0 saturated carbocycles. The van der Waals surface area contributed by atoms with Crippen LogP contribution in [0, 0.1) is 0 Å². The Morgan fingerprint density at radius 2 is 1.35 bits per heavy atom. The number of nitrogens with zero attached hydrogens (tertiary/aromatic N) is 3. The third kappa shape index (κ3) is 5.33. The number of hydrogen-bond acceptors (Lipinski definition) is 6. The van der Waals surface area contributed by atoms with E-state index in [4.69, 9.17) is 5.73 Å². The van der Waals surface area contributed by atoms with Crippen LogP contribution in [0.3, 0.4) is 0 Å². The van der Waals surface area contributed by atoms with Gasteiger partial charge in [0.05, 0.1) is 0 Å². The van der Waals surface area contributed by atoms with Crippen LogP contribution in [0.4, 0.5) is 17.8 Å². The molecule has 0 aliphatic rings. The van der Waals surface area contributed by atoms with Crippen LogP contribution >= 0.6 is 0 Å². The molecule has 0 spiro atoms. The van der Waals surface area contributed by atoms with E-state index >= 15 is 0 Å². The minimum atomic E-state index is 0.248. The Morgan fingerprint density at radius 3 is 1.76 bits per heavy atom. The Bertz CT molecular complexity index is 299. The lowest BCUT2D eigenvalue weighted by molar-refractivity contribution is 0.816. The maximum Gasteiger partial charge on any atom is 0.229 e. The summed E-state index contributed by atoms with van der Waals surface area (Å²) in [5, 5.41) is 6.27. The van der Waals surface area contributed by atoms with E-state index in [-0.39, 0.29) is 5.95 Å². The Hall–Kier alpha value is -1.59. The summed E-state index contributed by atoms with van der Waals surface area (Å²) in [6.45, 7) is 5.99. The van der Waals surface area contributed by atoms with E-state index in [0.29, 0.717) is 11.9 Å². The summed E-state index contributed by atoms with van der Waals surface area (Å²) >= 11 is 0. The molecule has 1 heterocycles. The van der Waals surface area contributed by atoms with Gasteiger partial charge in [-0.3, -0.25) is 0 Å². The monoisotopic (exact) mass is 238 g/mol. The summed E-state index contributed by atoms with van der Waals surface area (Å²) in [6.07, 6.45) is 4.44. The van der Waals surface area contributed by atoms with E-state index in [2.05, 4.69) is 39.4 Å². The molecule has 17 heavy (non-hydrogen) atoms. The van der Waals surface area contributed by atoms with Gasteiger partial charge < -0.3 is 16.4 Å². The lowest BCUT2D eigenvalue weighted by atomic mass is 10.3. The van der Waals surface area contributed by atoms with Crippen LogP contribution in [0.25, 0.3) is 0 Å². The van der Waals surface area contributed by atoms with Gasteiger partial charge in [-0.15, -0.1) is 0 Å². The molecule has 0 bridgehead atoms. The summed E-state index contributed by atoms with van der Waals surface area (Å²) in [7, 11) is 0. The Balaban J connectivity index is 2.53. The second-order valence-electron chi connectivity index (χ2n) is 3.90. The summed E-state index contributed by atoms with van der Waals surface area (Å²) in [5.41, 5.74) is 5.63. The minimum Gasteiger partial charge on any atom is -0.368 e. The van der Waals surface area contributed by atoms with E-state index < -0.39 is 0 Å². The average Bonchev–Trinajstić information content (AvgIpc) is 2.29. The lowest BCUT2D eigenvalue weighted by Gasteiger charge is -2.07. The molecule has 0 radical (unpaired) electrons. The first kappa shape index (κ1) is 13.5. The molecule has 1 aromatic rings. The molecular weight excluding hydrogens is 216 g/mol. The van der Waals surface area contributed by atoms with Gasteiger partial charge in [-0.25, -0.2) is 0 Å². The minimum absolute atomic E-state index is 0.248. The quantitative estimate of drug-likeness (QED) is 0.599. The topological polar surface area (TPSA) is 88.8 Å². The molecule has 0 atom stereocenters. The molecule has 0 fully saturated rings. The van der Waals surface area contributed by atoms with E-state index in [1.165, 1.54) is 0 Å². The van der Waals surface area contributed by atoms with Crippen molar-refractivity contribution in [2.24, 2.45) is 0 Å². The highest BCUT2D eigenvalue weighted by Gasteiger charge is 2.02. The van der Waals surface area contributed by atoms with Gasteiger partial charge in [0.2, 0.25) is 17.8 Å². The van der Waals surface area contributed by atoms with Gasteiger partial charge in [0.1, 0.15) is 0 Å². The van der Waals surface area contributed by atoms with Crippen molar-refractivity contribution in [3.63, 3.8) is 0 Å². The highest BCUT2D eigenvalue weighted by molar-refractivity contribution is 5.39. The molecule has 1 aromatic heterocycles. The van der Waals surface area contributed by atoms with Crippen molar-refractivity contribution in [2.45, 2.75) is 39.5 Å². The van der Waals surface area contributed by atoms with Gasteiger partial charge in [-0.05, 0) is 12.8 Å². The largest absolute Gasteiger partial charge is 0.368 e. The molecule has 0 amide bonds. The van der Waals surface area contributed by atoms with Gasteiger partial charge in [0, 0.05) is 13.1 Å². The first-order chi connectivity index (χ1) is 8.26. The highest BCUT2D eigenvalue weighted by Crippen LogP contribution is 2.07. The molecule has 6 nitrogen and oxygen atoms in total. The van der Waals surface area contributed by atoms with Crippen LogP contribution in [-0.2, 0) is 0 Å². The Labute approximate surface area is 102 Å². The normalized spacial score (nSPS) is 10.2. The number of hydrogen-bond donors (Lipinski definition) is 3. The lowest BCUT2D eigenvalue weighted by Crippen LogP contribution is -2.12. The second kappa shape index (κ2) is 7.65. The number of anilines is 3. The van der Waals surface area contributed by atoms with E-state index in [9.17, 15) is 0 Å². The fourth-order valence-corrected chi connectivity index (χ4v) is 1.30. The van der Waals surface area contributed by atoms with E-state index in [0.717, 1.165) is 38.8 Å². The smallest absolute Gasteiger partial charge is 0.229 e. The van der Waals surface area contributed by atoms with Crippen molar-refractivity contribution in [2.75, 3.05) is 29.5 Å². The number of unbranched alkanes of at least 4 members (excludes halogenated alkanes) is 2. The molecule has 4 N–H and O–H groups in total. The molecule has 0 aliphatic carbocycles. The zero-order valence-electron chi connectivity index (χ0n) is 10.7. The third-order valence-corrected chi connectivity index (χ3v) is 2.28. The number of nitrogen functional groups attached to an aromatic ring is 1. The highest BCUT2D eigenvalue weighted by atomic mass is 15.2. The predicted molar refractivity (Wildman–Crippen MR) is 71.0 cm³/mol.